The second-order valence-corrected chi connectivity index (χ2v) is 4.98. The smallest absolute Gasteiger partial charge is 0.328 e. The predicted octanol–water partition coefficient (Wildman–Crippen LogP) is -0.0464. The average molecular weight is 311 g/mol. The molecule has 0 aliphatic carbocycles. The van der Waals surface area contributed by atoms with Crippen LogP contribution in [0.1, 0.15) is 13.3 Å². The van der Waals surface area contributed by atoms with Gasteiger partial charge in [0.15, 0.2) is 11.6 Å². The number of ether oxygens (including phenoxy) is 2. The number of aliphatic hydroxyl groups excluding tert-OH is 1. The monoisotopic (exact) mass is 310 g/mol. The van der Waals surface area contributed by atoms with Crippen LogP contribution in [0.2, 0.25) is 0 Å². The fourth-order valence-electron chi connectivity index (χ4n) is 2.28. The van der Waals surface area contributed by atoms with Gasteiger partial charge in [-0.3, -0.25) is 15.0 Å². The number of urea groups is 1. The molecule has 3 amide bonds. The van der Waals surface area contributed by atoms with Crippen molar-refractivity contribution in [3.8, 4) is 0 Å². The van der Waals surface area contributed by atoms with E-state index in [0.717, 1.165) is 4.90 Å². The quantitative estimate of drug-likeness (QED) is 0.711. The first-order chi connectivity index (χ1) is 9.49. The molecule has 2 unspecified atom stereocenters. The third kappa shape index (κ3) is 2.73. The largest absolute Gasteiger partial charge is 0.394 e. The van der Waals surface area contributed by atoms with Gasteiger partial charge in [0.2, 0.25) is 0 Å². The lowest BCUT2D eigenvalue weighted by atomic mass is 10.2. The summed E-state index contributed by atoms with van der Waals surface area (Å²) in [6.07, 6.45) is -4.47. The Hall–Kier alpha value is -0.960. The van der Waals surface area contributed by atoms with Crippen molar-refractivity contribution in [2.24, 2.45) is 0 Å². The maximum Gasteiger partial charge on any atom is 0.328 e. The lowest BCUT2D eigenvalue weighted by Crippen LogP contribution is -2.64. The number of amides is 3. The van der Waals surface area contributed by atoms with Crippen LogP contribution in [0.3, 0.4) is 0 Å². The summed E-state index contributed by atoms with van der Waals surface area (Å²) < 4.78 is 24.2. The minimum absolute atomic E-state index is 0.111. The van der Waals surface area contributed by atoms with E-state index in [2.05, 4.69) is 5.32 Å². The number of halogens is 2. The number of aliphatic hydroxyl groups is 1. The van der Waals surface area contributed by atoms with Crippen molar-refractivity contribution in [3.05, 3.63) is 0 Å². The van der Waals surface area contributed by atoms with Crippen LogP contribution in [-0.4, -0.2) is 65.3 Å². The summed E-state index contributed by atoms with van der Waals surface area (Å²) in [4.78, 5) is 24.5. The van der Waals surface area contributed by atoms with E-state index in [1.54, 1.807) is 6.92 Å². The highest BCUT2D eigenvalue weighted by atomic mass is 35.5. The van der Waals surface area contributed by atoms with Crippen molar-refractivity contribution < 1.29 is 28.6 Å². The molecule has 2 N–H and O–H groups in total. The Morgan fingerprint density at radius 1 is 1.60 bits per heavy atom. The number of hydrogen-bond acceptors (Lipinski definition) is 5. The van der Waals surface area contributed by atoms with Gasteiger partial charge in [-0.05, 0) is 6.92 Å². The summed E-state index contributed by atoms with van der Waals surface area (Å²) in [7, 11) is 0. The highest BCUT2D eigenvalue weighted by Gasteiger charge is 2.49. The van der Waals surface area contributed by atoms with Gasteiger partial charge >= 0.3 is 6.03 Å². The Balaban J connectivity index is 2.18. The fraction of sp³-hybridized carbons (Fsp3) is 0.818. The SMILES string of the molecule is CCO[C@H]1C(Cl)C(=O)NC(=O)N1[C@@H]1CC(F)[C@H](CO)O1. The number of carbonyl (C=O) groups is 2. The molecule has 20 heavy (non-hydrogen) atoms. The van der Waals surface area contributed by atoms with Crippen LogP contribution in [0.15, 0.2) is 0 Å². The summed E-state index contributed by atoms with van der Waals surface area (Å²) in [5.74, 6) is -0.667. The molecular formula is C11H16ClFN2O5. The zero-order chi connectivity index (χ0) is 14.9. The molecule has 9 heteroatoms. The molecular weight excluding hydrogens is 295 g/mol. The first-order valence-electron chi connectivity index (χ1n) is 6.28. The molecule has 2 fully saturated rings. The first-order valence-corrected chi connectivity index (χ1v) is 6.72. The molecule has 2 aliphatic heterocycles. The predicted molar refractivity (Wildman–Crippen MR) is 65.7 cm³/mol. The molecule has 2 rings (SSSR count). The molecule has 0 radical (unpaired) electrons. The summed E-state index contributed by atoms with van der Waals surface area (Å²) in [5.41, 5.74) is 0. The van der Waals surface area contributed by atoms with Crippen LogP contribution in [0.25, 0.3) is 0 Å². The number of alkyl halides is 2. The van der Waals surface area contributed by atoms with Gasteiger partial charge in [0.1, 0.15) is 18.5 Å². The van der Waals surface area contributed by atoms with E-state index >= 15 is 0 Å². The summed E-state index contributed by atoms with van der Waals surface area (Å²) in [6.45, 7) is 1.42. The molecule has 2 aliphatic rings. The lowest BCUT2D eigenvalue weighted by Gasteiger charge is -2.40. The molecule has 0 aromatic carbocycles. The van der Waals surface area contributed by atoms with Gasteiger partial charge in [-0.2, -0.15) is 0 Å². The van der Waals surface area contributed by atoms with Crippen molar-refractivity contribution in [2.75, 3.05) is 13.2 Å². The van der Waals surface area contributed by atoms with E-state index in [9.17, 15) is 14.0 Å². The van der Waals surface area contributed by atoms with Crippen molar-refractivity contribution in [3.63, 3.8) is 0 Å². The number of nitrogens with one attached hydrogen (secondary N) is 1. The van der Waals surface area contributed by atoms with Crippen LogP contribution in [0, 0.1) is 0 Å². The van der Waals surface area contributed by atoms with Crippen molar-refractivity contribution in [1.82, 2.24) is 10.2 Å². The zero-order valence-electron chi connectivity index (χ0n) is 10.8. The van der Waals surface area contributed by atoms with Crippen molar-refractivity contribution in [2.45, 2.75) is 43.5 Å². The maximum atomic E-state index is 13.6. The van der Waals surface area contributed by atoms with Crippen molar-refractivity contribution >= 4 is 23.5 Å². The normalized spacial score (nSPS) is 38.2. The zero-order valence-corrected chi connectivity index (χ0v) is 11.5. The number of carbonyl (C=O) groups excluding carboxylic acids is 2. The van der Waals surface area contributed by atoms with E-state index in [1.165, 1.54) is 0 Å². The molecule has 0 spiro atoms. The van der Waals surface area contributed by atoms with Gasteiger partial charge < -0.3 is 14.6 Å². The van der Waals surface area contributed by atoms with Crippen LogP contribution in [-0.2, 0) is 14.3 Å². The second-order valence-electron chi connectivity index (χ2n) is 4.51. The average Bonchev–Trinajstić information content (AvgIpc) is 2.76. The van der Waals surface area contributed by atoms with Gasteiger partial charge in [0.25, 0.3) is 5.91 Å². The molecule has 0 bridgehead atoms. The van der Waals surface area contributed by atoms with Crippen LogP contribution < -0.4 is 5.32 Å². The van der Waals surface area contributed by atoms with E-state index in [1.807, 2.05) is 0 Å². The topological polar surface area (TPSA) is 88.1 Å². The lowest BCUT2D eigenvalue weighted by molar-refractivity contribution is -0.149. The van der Waals surface area contributed by atoms with Gasteiger partial charge in [0.05, 0.1) is 6.61 Å². The van der Waals surface area contributed by atoms with E-state index in [4.69, 9.17) is 26.2 Å². The van der Waals surface area contributed by atoms with Gasteiger partial charge in [-0.1, -0.05) is 0 Å². The third-order valence-electron chi connectivity index (χ3n) is 3.23. The summed E-state index contributed by atoms with van der Waals surface area (Å²) in [5, 5.41) is 9.94. The number of rotatable bonds is 4. The van der Waals surface area contributed by atoms with Crippen LogP contribution in [0.4, 0.5) is 9.18 Å². The number of imide groups is 1. The van der Waals surface area contributed by atoms with E-state index < -0.39 is 48.7 Å². The summed E-state index contributed by atoms with van der Waals surface area (Å²) >= 11 is 5.93. The molecule has 2 heterocycles. The van der Waals surface area contributed by atoms with Crippen LogP contribution >= 0.6 is 11.6 Å². The standard InChI is InChI=1S/C11H16ClFN2O5/c1-2-19-10-8(12)9(17)14-11(18)15(10)7-3-5(13)6(4-16)20-7/h5-8,10,16H,2-4H2,1H3,(H,14,17,18)/t5?,6-,7-,8?,10-/m0/s1. The summed E-state index contributed by atoms with van der Waals surface area (Å²) in [6, 6.07) is -0.749. The Bertz CT molecular complexity index is 399. The second kappa shape index (κ2) is 6.21. The third-order valence-corrected chi connectivity index (χ3v) is 3.64. The molecule has 5 atom stereocenters. The fourth-order valence-corrected chi connectivity index (χ4v) is 2.53. The molecule has 114 valence electrons. The molecule has 0 saturated carbocycles. The Kier molecular flexibility index (Phi) is 4.79. The first kappa shape index (κ1) is 15.4. The Morgan fingerprint density at radius 3 is 2.85 bits per heavy atom. The number of hydrogen-bond donors (Lipinski definition) is 2. The van der Waals surface area contributed by atoms with Gasteiger partial charge in [-0.15, -0.1) is 11.6 Å². The Labute approximate surface area is 119 Å². The van der Waals surface area contributed by atoms with Crippen LogP contribution in [0.5, 0.6) is 0 Å². The minimum Gasteiger partial charge on any atom is -0.394 e. The highest BCUT2D eigenvalue weighted by molar-refractivity contribution is 6.33. The van der Waals surface area contributed by atoms with E-state index in [-0.39, 0.29) is 13.0 Å². The van der Waals surface area contributed by atoms with Gasteiger partial charge in [-0.25, -0.2) is 9.18 Å². The minimum atomic E-state index is -1.40. The Morgan fingerprint density at radius 2 is 2.30 bits per heavy atom. The molecule has 2 saturated heterocycles. The van der Waals surface area contributed by atoms with E-state index in [0.29, 0.717) is 0 Å². The van der Waals surface area contributed by atoms with Gasteiger partial charge in [0, 0.05) is 13.0 Å². The molecule has 7 nitrogen and oxygen atoms in total. The molecule has 0 aromatic heterocycles. The maximum absolute atomic E-state index is 13.6. The number of nitrogens with zero attached hydrogens (tertiary/aromatic N) is 1. The highest BCUT2D eigenvalue weighted by Crippen LogP contribution is 2.30. The van der Waals surface area contributed by atoms with Crippen molar-refractivity contribution in [1.29, 1.82) is 0 Å². The molecule has 0 aromatic rings.